The minimum absolute atomic E-state index is 0.0287. The van der Waals surface area contributed by atoms with Crippen molar-refractivity contribution in [3.05, 3.63) is 35.7 Å². The molecule has 3 amide bonds. The molecule has 1 aliphatic rings. The van der Waals surface area contributed by atoms with Crippen molar-refractivity contribution in [2.24, 2.45) is 0 Å². The van der Waals surface area contributed by atoms with E-state index in [2.05, 4.69) is 20.8 Å². The Morgan fingerprint density at radius 3 is 2.96 bits per heavy atom. The molecule has 2 heterocycles. The molecule has 1 aliphatic heterocycles. The first-order valence-electron chi connectivity index (χ1n) is 8.04. The molecule has 0 bridgehead atoms. The number of aromatic amines is 1. The number of anilines is 2. The second-order valence-electron chi connectivity index (χ2n) is 6.17. The molecule has 0 spiro atoms. The van der Waals surface area contributed by atoms with E-state index in [-0.39, 0.29) is 24.6 Å². The zero-order valence-electron chi connectivity index (χ0n) is 14.4. The van der Waals surface area contributed by atoms with Gasteiger partial charge in [-0.05, 0) is 38.1 Å². The van der Waals surface area contributed by atoms with Crippen LogP contribution in [0.3, 0.4) is 0 Å². The van der Waals surface area contributed by atoms with Gasteiger partial charge >= 0.3 is 6.03 Å². The zero-order valence-corrected chi connectivity index (χ0v) is 14.4. The number of aromatic nitrogens is 2. The molecule has 8 heteroatoms. The highest BCUT2D eigenvalue weighted by molar-refractivity contribution is 5.99. The number of carbonyl (C=O) groups excluding carboxylic acids is 2. The van der Waals surface area contributed by atoms with Crippen molar-refractivity contribution in [2.45, 2.75) is 26.3 Å². The van der Waals surface area contributed by atoms with Crippen molar-refractivity contribution >= 4 is 23.3 Å². The van der Waals surface area contributed by atoms with Crippen molar-refractivity contribution < 1.29 is 14.3 Å². The average Bonchev–Trinajstić information content (AvgIpc) is 2.96. The van der Waals surface area contributed by atoms with Crippen LogP contribution in [-0.2, 0) is 11.2 Å². The summed E-state index contributed by atoms with van der Waals surface area (Å²) in [6, 6.07) is 6.76. The number of hydrogen-bond acceptors (Lipinski definition) is 4. The third-order valence-electron chi connectivity index (χ3n) is 3.96. The monoisotopic (exact) mass is 343 g/mol. The number of amides is 3. The number of likely N-dealkylation sites (N-methyl/N-ethyl adjacent to an activating group) is 1. The van der Waals surface area contributed by atoms with Crippen molar-refractivity contribution in [1.82, 2.24) is 15.5 Å². The first-order chi connectivity index (χ1) is 11.9. The van der Waals surface area contributed by atoms with Crippen LogP contribution in [0, 0.1) is 6.92 Å². The fourth-order valence-electron chi connectivity index (χ4n) is 2.68. The average molecular weight is 343 g/mol. The lowest BCUT2D eigenvalue weighted by molar-refractivity contribution is -0.120. The lowest BCUT2D eigenvalue weighted by atomic mass is 10.2. The van der Waals surface area contributed by atoms with Gasteiger partial charge in [-0.15, -0.1) is 0 Å². The van der Waals surface area contributed by atoms with E-state index in [1.165, 1.54) is 4.90 Å². The van der Waals surface area contributed by atoms with Crippen LogP contribution in [0.15, 0.2) is 24.3 Å². The van der Waals surface area contributed by atoms with E-state index in [1.54, 1.807) is 25.2 Å². The van der Waals surface area contributed by atoms with Crippen LogP contribution in [-0.4, -0.2) is 41.8 Å². The molecule has 3 rings (SSSR count). The summed E-state index contributed by atoms with van der Waals surface area (Å²) in [5.74, 6) is 0.493. The summed E-state index contributed by atoms with van der Waals surface area (Å²) < 4.78 is 5.37. The summed E-state index contributed by atoms with van der Waals surface area (Å²) >= 11 is 0. The highest BCUT2D eigenvalue weighted by Gasteiger charge is 2.22. The van der Waals surface area contributed by atoms with Crippen LogP contribution in [0.5, 0.6) is 5.75 Å². The topological polar surface area (TPSA) is 99.3 Å². The Kier molecular flexibility index (Phi) is 4.60. The molecule has 132 valence electrons. The normalized spacial score (nSPS) is 14.5. The Morgan fingerprint density at radius 1 is 1.44 bits per heavy atom. The maximum atomic E-state index is 12.2. The van der Waals surface area contributed by atoms with Gasteiger partial charge in [-0.1, -0.05) is 0 Å². The molecule has 1 atom stereocenters. The number of urea groups is 1. The summed E-state index contributed by atoms with van der Waals surface area (Å²) in [5.41, 5.74) is 3.11. The van der Waals surface area contributed by atoms with Crippen molar-refractivity contribution in [3.8, 4) is 5.75 Å². The number of aryl methyl sites for hydroxylation is 1. The lowest BCUT2D eigenvalue weighted by Gasteiger charge is -2.26. The number of carbonyl (C=O) groups is 2. The van der Waals surface area contributed by atoms with E-state index in [1.807, 2.05) is 19.9 Å². The molecule has 0 radical (unpaired) electrons. The van der Waals surface area contributed by atoms with Gasteiger partial charge in [0.1, 0.15) is 5.75 Å². The van der Waals surface area contributed by atoms with E-state index >= 15 is 0 Å². The van der Waals surface area contributed by atoms with Crippen LogP contribution >= 0.6 is 0 Å². The Hall–Kier alpha value is -3.03. The number of nitrogens with one attached hydrogen (secondary N) is 3. The predicted molar refractivity (Wildman–Crippen MR) is 94.0 cm³/mol. The molecule has 1 aromatic carbocycles. The van der Waals surface area contributed by atoms with Crippen LogP contribution in [0.2, 0.25) is 0 Å². The number of H-pyrrole nitrogens is 1. The Balaban J connectivity index is 1.60. The third-order valence-corrected chi connectivity index (χ3v) is 3.96. The van der Waals surface area contributed by atoms with Crippen LogP contribution in [0.1, 0.15) is 18.3 Å². The summed E-state index contributed by atoms with van der Waals surface area (Å²) in [5, 5.41) is 12.7. The third kappa shape index (κ3) is 3.90. The molecule has 1 aromatic heterocycles. The molecule has 0 aliphatic carbocycles. The molecule has 2 aromatic rings. The predicted octanol–water partition coefficient (Wildman–Crippen LogP) is 1.83. The van der Waals surface area contributed by atoms with E-state index in [4.69, 9.17) is 4.74 Å². The van der Waals surface area contributed by atoms with Crippen molar-refractivity contribution in [1.29, 1.82) is 0 Å². The minimum Gasteiger partial charge on any atom is -0.482 e. The molecule has 0 unspecified atom stereocenters. The standard InChI is InChI=1S/C17H21N5O3/c1-10(6-13-7-11(2)20-21-13)18-17(24)19-12-4-5-15-14(8-12)22(3)16(23)9-25-15/h4-5,7-8,10H,6,9H2,1-3H3,(H,20,21)(H2,18,19,24)/t10-/m0/s1. The molecule has 0 saturated heterocycles. The Labute approximate surface area is 145 Å². The molecule has 0 fully saturated rings. The van der Waals surface area contributed by atoms with Gasteiger partial charge in [0.25, 0.3) is 5.91 Å². The number of benzene rings is 1. The van der Waals surface area contributed by atoms with E-state index in [9.17, 15) is 9.59 Å². The second-order valence-corrected chi connectivity index (χ2v) is 6.17. The smallest absolute Gasteiger partial charge is 0.319 e. The molecule has 3 N–H and O–H groups in total. The lowest BCUT2D eigenvalue weighted by Crippen LogP contribution is -2.38. The van der Waals surface area contributed by atoms with E-state index in [0.29, 0.717) is 23.5 Å². The van der Waals surface area contributed by atoms with Crippen LogP contribution in [0.4, 0.5) is 16.2 Å². The maximum Gasteiger partial charge on any atom is 0.319 e. The maximum absolute atomic E-state index is 12.2. The molecular weight excluding hydrogens is 322 g/mol. The number of ether oxygens (including phenoxy) is 1. The Bertz CT molecular complexity index is 801. The molecule has 0 saturated carbocycles. The van der Waals surface area contributed by atoms with Gasteiger partial charge in [0.15, 0.2) is 6.61 Å². The fraction of sp³-hybridized carbons (Fsp3) is 0.353. The fourth-order valence-corrected chi connectivity index (χ4v) is 2.68. The Morgan fingerprint density at radius 2 is 2.24 bits per heavy atom. The van der Waals surface area contributed by atoms with Gasteiger partial charge in [-0.3, -0.25) is 9.89 Å². The van der Waals surface area contributed by atoms with Crippen molar-refractivity contribution in [3.63, 3.8) is 0 Å². The minimum atomic E-state index is -0.314. The zero-order chi connectivity index (χ0) is 18.0. The SMILES string of the molecule is Cc1cc(C[C@H](C)NC(=O)Nc2ccc3c(c2)N(C)C(=O)CO3)n[nH]1. The number of nitrogens with zero attached hydrogens (tertiary/aromatic N) is 2. The van der Waals surface area contributed by atoms with Gasteiger partial charge in [0.05, 0.1) is 11.4 Å². The number of hydrogen-bond donors (Lipinski definition) is 3. The quantitative estimate of drug-likeness (QED) is 0.788. The summed E-state index contributed by atoms with van der Waals surface area (Å²) in [4.78, 5) is 25.4. The van der Waals surface area contributed by atoms with Gasteiger partial charge in [0.2, 0.25) is 0 Å². The van der Waals surface area contributed by atoms with Gasteiger partial charge in [-0.25, -0.2) is 4.79 Å². The number of fused-ring (bicyclic) bond motifs is 1. The number of rotatable bonds is 4. The first kappa shape index (κ1) is 16.8. The van der Waals surface area contributed by atoms with Gasteiger partial charge in [0, 0.05) is 30.9 Å². The largest absolute Gasteiger partial charge is 0.482 e. The van der Waals surface area contributed by atoms with Crippen molar-refractivity contribution in [2.75, 3.05) is 23.9 Å². The highest BCUT2D eigenvalue weighted by atomic mass is 16.5. The van der Waals surface area contributed by atoms with E-state index in [0.717, 1.165) is 11.4 Å². The summed E-state index contributed by atoms with van der Waals surface area (Å²) in [6.07, 6.45) is 0.632. The summed E-state index contributed by atoms with van der Waals surface area (Å²) in [7, 11) is 1.68. The van der Waals surface area contributed by atoms with Gasteiger partial charge < -0.3 is 20.3 Å². The molecule has 8 nitrogen and oxygen atoms in total. The highest BCUT2D eigenvalue weighted by Crippen LogP contribution is 2.33. The van der Waals surface area contributed by atoms with Crippen LogP contribution < -0.4 is 20.3 Å². The van der Waals surface area contributed by atoms with Crippen LogP contribution in [0.25, 0.3) is 0 Å². The van der Waals surface area contributed by atoms with E-state index < -0.39 is 0 Å². The first-order valence-corrected chi connectivity index (χ1v) is 8.04. The van der Waals surface area contributed by atoms with Gasteiger partial charge in [-0.2, -0.15) is 5.10 Å². The molecular formula is C17H21N5O3. The molecule has 25 heavy (non-hydrogen) atoms. The summed E-state index contributed by atoms with van der Waals surface area (Å²) in [6.45, 7) is 3.88. The second kappa shape index (κ2) is 6.84.